The Morgan fingerprint density at radius 3 is 2.21 bits per heavy atom. The number of hydrogen-bond donors (Lipinski definition) is 2. The summed E-state index contributed by atoms with van der Waals surface area (Å²) in [6, 6.07) is 10.7. The molecule has 0 heterocycles. The molecule has 2 aromatic carbocycles. The molecule has 0 aromatic heterocycles. The van der Waals surface area contributed by atoms with Crippen molar-refractivity contribution in [2.24, 2.45) is 0 Å². The Bertz CT molecular complexity index is 788. The smallest absolute Gasteiger partial charge is 0.416 e. The van der Waals surface area contributed by atoms with Crippen LogP contribution in [0.25, 0.3) is 5.57 Å². The second-order valence-corrected chi connectivity index (χ2v) is 4.90. The molecule has 0 spiro atoms. The average Bonchev–Trinajstić information content (AvgIpc) is 2.50. The molecule has 0 atom stereocenters. The predicted octanol–water partition coefficient (Wildman–Crippen LogP) is 4.48. The molecule has 0 radical (unpaired) electrons. The van der Waals surface area contributed by atoms with Gasteiger partial charge in [-0.15, -0.1) is 0 Å². The summed E-state index contributed by atoms with van der Waals surface area (Å²) in [7, 11) is 0. The first-order valence-corrected chi connectivity index (χ1v) is 6.86. The maximum atomic E-state index is 12.7. The number of aliphatic carboxylic acids is 1. The van der Waals surface area contributed by atoms with Crippen molar-refractivity contribution in [1.82, 2.24) is 0 Å². The first-order chi connectivity index (χ1) is 11.3. The van der Waals surface area contributed by atoms with Crippen LogP contribution >= 0.6 is 0 Å². The quantitative estimate of drug-likeness (QED) is 0.640. The van der Waals surface area contributed by atoms with Crippen molar-refractivity contribution in [3.8, 4) is 5.75 Å². The zero-order valence-corrected chi connectivity index (χ0v) is 12.3. The van der Waals surface area contributed by atoms with Crippen LogP contribution in [-0.2, 0) is 11.0 Å². The van der Waals surface area contributed by atoms with Crippen LogP contribution in [0.15, 0.2) is 66.8 Å². The van der Waals surface area contributed by atoms with Crippen LogP contribution in [0.1, 0.15) is 16.7 Å². The van der Waals surface area contributed by atoms with Gasteiger partial charge in [-0.1, -0.05) is 36.4 Å². The molecule has 2 aromatic rings. The van der Waals surface area contributed by atoms with Crippen LogP contribution < -0.4 is 0 Å². The van der Waals surface area contributed by atoms with Gasteiger partial charge in [-0.05, 0) is 41.0 Å². The SMILES string of the molecule is O=C(O)/C=C/C=C(/c1ccc(C(F)(F)F)cc1)c1cccc(O)c1. The number of carboxylic acid groups (broad SMARTS) is 1. The van der Waals surface area contributed by atoms with Crippen LogP contribution in [0, 0.1) is 0 Å². The third kappa shape index (κ3) is 4.49. The summed E-state index contributed by atoms with van der Waals surface area (Å²) < 4.78 is 38.0. The first-order valence-electron chi connectivity index (χ1n) is 6.86. The van der Waals surface area contributed by atoms with Crippen LogP contribution in [0.2, 0.25) is 0 Å². The molecule has 0 saturated carbocycles. The molecule has 0 aliphatic carbocycles. The molecular formula is C18H13F3O3. The van der Waals surface area contributed by atoms with Gasteiger partial charge in [0.25, 0.3) is 0 Å². The minimum Gasteiger partial charge on any atom is -0.508 e. The van der Waals surface area contributed by atoms with Gasteiger partial charge in [-0.2, -0.15) is 13.2 Å². The lowest BCUT2D eigenvalue weighted by Gasteiger charge is -2.11. The van der Waals surface area contributed by atoms with Crippen molar-refractivity contribution >= 4 is 11.5 Å². The fourth-order valence-corrected chi connectivity index (χ4v) is 2.10. The summed E-state index contributed by atoms with van der Waals surface area (Å²) in [5.74, 6) is -1.15. The molecule has 3 nitrogen and oxygen atoms in total. The summed E-state index contributed by atoms with van der Waals surface area (Å²) in [6.45, 7) is 0. The summed E-state index contributed by atoms with van der Waals surface area (Å²) in [6.07, 6.45) is -0.783. The lowest BCUT2D eigenvalue weighted by molar-refractivity contribution is -0.137. The number of phenolic OH excluding ortho intramolecular Hbond substituents is 1. The highest BCUT2D eigenvalue weighted by Gasteiger charge is 2.30. The summed E-state index contributed by atoms with van der Waals surface area (Å²) in [5, 5.41) is 18.2. The van der Waals surface area contributed by atoms with Crippen molar-refractivity contribution in [2.45, 2.75) is 6.18 Å². The van der Waals surface area contributed by atoms with E-state index in [9.17, 15) is 23.1 Å². The Kier molecular flexibility index (Phi) is 5.08. The minimum atomic E-state index is -4.43. The molecule has 0 unspecified atom stereocenters. The second-order valence-electron chi connectivity index (χ2n) is 4.90. The zero-order chi connectivity index (χ0) is 17.7. The number of aromatic hydroxyl groups is 1. The van der Waals surface area contributed by atoms with E-state index in [1.54, 1.807) is 12.1 Å². The Balaban J connectivity index is 2.48. The number of carboxylic acids is 1. The van der Waals surface area contributed by atoms with Crippen LogP contribution in [0.4, 0.5) is 13.2 Å². The van der Waals surface area contributed by atoms with E-state index in [2.05, 4.69) is 0 Å². The Morgan fingerprint density at radius 2 is 1.67 bits per heavy atom. The van der Waals surface area contributed by atoms with Gasteiger partial charge in [0.2, 0.25) is 0 Å². The van der Waals surface area contributed by atoms with E-state index in [1.807, 2.05) is 0 Å². The van der Waals surface area contributed by atoms with Crippen molar-refractivity contribution < 1.29 is 28.2 Å². The van der Waals surface area contributed by atoms with Gasteiger partial charge >= 0.3 is 12.1 Å². The highest BCUT2D eigenvalue weighted by atomic mass is 19.4. The normalized spacial score (nSPS) is 12.5. The highest BCUT2D eigenvalue weighted by Crippen LogP contribution is 2.32. The standard InChI is InChI=1S/C18H13F3O3/c19-18(20,21)14-9-7-12(8-10-14)16(5-2-6-17(23)24)13-3-1-4-15(22)11-13/h1-11,22H,(H,23,24)/b6-2+,16-5-. The predicted molar refractivity (Wildman–Crippen MR) is 83.4 cm³/mol. The number of phenols is 1. The molecule has 2 rings (SSSR count). The van der Waals surface area contributed by atoms with Gasteiger partial charge in [-0.3, -0.25) is 0 Å². The molecule has 0 fully saturated rings. The summed E-state index contributed by atoms with van der Waals surface area (Å²) in [4.78, 5) is 10.6. The summed E-state index contributed by atoms with van der Waals surface area (Å²) in [5.41, 5.74) is 0.716. The third-order valence-corrected chi connectivity index (χ3v) is 3.18. The maximum Gasteiger partial charge on any atom is 0.416 e. The van der Waals surface area contributed by atoms with E-state index >= 15 is 0 Å². The van der Waals surface area contributed by atoms with Crippen LogP contribution in [0.5, 0.6) is 5.75 Å². The van der Waals surface area contributed by atoms with Gasteiger partial charge in [0.05, 0.1) is 5.56 Å². The van der Waals surface area contributed by atoms with Gasteiger partial charge in [0, 0.05) is 6.08 Å². The number of rotatable bonds is 4. The highest BCUT2D eigenvalue weighted by molar-refractivity contribution is 5.84. The zero-order valence-electron chi connectivity index (χ0n) is 12.3. The molecule has 6 heteroatoms. The fraction of sp³-hybridized carbons (Fsp3) is 0.0556. The Hall–Kier alpha value is -3.02. The fourth-order valence-electron chi connectivity index (χ4n) is 2.10. The molecule has 24 heavy (non-hydrogen) atoms. The lowest BCUT2D eigenvalue weighted by Crippen LogP contribution is -2.04. The van der Waals surface area contributed by atoms with Gasteiger partial charge in [0.1, 0.15) is 5.75 Å². The Morgan fingerprint density at radius 1 is 1.00 bits per heavy atom. The number of carbonyl (C=O) groups is 1. The number of alkyl halides is 3. The molecule has 0 aliphatic rings. The van der Waals surface area contributed by atoms with E-state index in [-0.39, 0.29) is 5.75 Å². The largest absolute Gasteiger partial charge is 0.508 e. The number of benzene rings is 2. The van der Waals surface area contributed by atoms with E-state index in [0.29, 0.717) is 16.7 Å². The van der Waals surface area contributed by atoms with Crippen LogP contribution in [0.3, 0.4) is 0 Å². The first kappa shape index (κ1) is 17.3. The Labute approximate surface area is 136 Å². The molecule has 0 bridgehead atoms. The molecule has 0 aliphatic heterocycles. The molecule has 124 valence electrons. The second kappa shape index (κ2) is 7.04. The van der Waals surface area contributed by atoms with Crippen molar-refractivity contribution in [3.63, 3.8) is 0 Å². The van der Waals surface area contributed by atoms with E-state index < -0.39 is 17.7 Å². The van der Waals surface area contributed by atoms with E-state index in [4.69, 9.17) is 5.11 Å². The molecule has 2 N–H and O–H groups in total. The topological polar surface area (TPSA) is 57.5 Å². The monoisotopic (exact) mass is 334 g/mol. The minimum absolute atomic E-state index is 0.00692. The van der Waals surface area contributed by atoms with Crippen molar-refractivity contribution in [2.75, 3.05) is 0 Å². The van der Waals surface area contributed by atoms with E-state index in [0.717, 1.165) is 18.2 Å². The molecular weight excluding hydrogens is 321 g/mol. The average molecular weight is 334 g/mol. The maximum absolute atomic E-state index is 12.7. The number of halogens is 3. The number of allylic oxidation sites excluding steroid dienone is 2. The van der Waals surface area contributed by atoms with E-state index in [1.165, 1.54) is 36.4 Å². The van der Waals surface area contributed by atoms with Gasteiger partial charge in [0.15, 0.2) is 0 Å². The summed E-state index contributed by atoms with van der Waals surface area (Å²) >= 11 is 0. The molecule has 0 saturated heterocycles. The van der Waals surface area contributed by atoms with Crippen molar-refractivity contribution in [1.29, 1.82) is 0 Å². The van der Waals surface area contributed by atoms with Gasteiger partial charge in [-0.25, -0.2) is 4.79 Å². The third-order valence-electron chi connectivity index (χ3n) is 3.18. The number of hydrogen-bond acceptors (Lipinski definition) is 2. The van der Waals surface area contributed by atoms with Crippen LogP contribution in [-0.4, -0.2) is 16.2 Å². The lowest BCUT2D eigenvalue weighted by atomic mass is 9.96. The van der Waals surface area contributed by atoms with Crippen molar-refractivity contribution in [3.05, 3.63) is 83.4 Å². The van der Waals surface area contributed by atoms with Gasteiger partial charge < -0.3 is 10.2 Å². The molecule has 0 amide bonds.